The minimum Gasteiger partial charge on any atom is -0.505 e. The van der Waals surface area contributed by atoms with Gasteiger partial charge in [0.05, 0.1) is 17.2 Å². The van der Waals surface area contributed by atoms with Crippen LogP contribution >= 0.6 is 11.8 Å². The molecule has 3 rings (SSSR count). The highest BCUT2D eigenvalue weighted by atomic mass is 32.2. The van der Waals surface area contributed by atoms with Gasteiger partial charge in [0.1, 0.15) is 5.75 Å². The molecule has 138 valence electrons. The third-order valence-electron chi connectivity index (χ3n) is 4.01. The van der Waals surface area contributed by atoms with Gasteiger partial charge in [0.15, 0.2) is 0 Å². The zero-order valence-electron chi connectivity index (χ0n) is 14.3. The standard InChI is InChI=1S/C20H18N2O4S/c23-13-15-5-3-6-18(20(15)24)21-12-14-4-1-2-7-19(14)27-17-10-8-16(9-11-17)22(25)26/h1-11,21,23-24H,12-13H2. The fourth-order valence-electron chi connectivity index (χ4n) is 2.56. The second kappa shape index (κ2) is 8.57. The molecule has 0 heterocycles. The van der Waals surface area contributed by atoms with Gasteiger partial charge < -0.3 is 15.5 Å². The number of anilines is 1. The fourth-order valence-corrected chi connectivity index (χ4v) is 3.51. The number of nitro groups is 1. The Hall–Kier alpha value is -3.03. The van der Waals surface area contributed by atoms with Crippen molar-refractivity contribution in [1.29, 1.82) is 0 Å². The van der Waals surface area contributed by atoms with Crippen LogP contribution in [0, 0.1) is 10.1 Å². The number of benzene rings is 3. The van der Waals surface area contributed by atoms with Gasteiger partial charge in [0, 0.05) is 34.0 Å². The zero-order chi connectivity index (χ0) is 19.2. The van der Waals surface area contributed by atoms with Crippen molar-refractivity contribution in [2.24, 2.45) is 0 Å². The van der Waals surface area contributed by atoms with Crippen LogP contribution in [0.15, 0.2) is 76.5 Å². The van der Waals surface area contributed by atoms with E-state index in [-0.39, 0.29) is 18.0 Å². The summed E-state index contributed by atoms with van der Waals surface area (Å²) in [5.41, 5.74) is 2.11. The zero-order valence-corrected chi connectivity index (χ0v) is 15.1. The topological polar surface area (TPSA) is 95.6 Å². The van der Waals surface area contributed by atoms with E-state index in [0.29, 0.717) is 17.8 Å². The number of nitrogens with one attached hydrogen (secondary N) is 1. The van der Waals surface area contributed by atoms with E-state index in [1.165, 1.54) is 23.9 Å². The molecule has 6 nitrogen and oxygen atoms in total. The van der Waals surface area contributed by atoms with Gasteiger partial charge in [-0.1, -0.05) is 42.1 Å². The summed E-state index contributed by atoms with van der Waals surface area (Å²) in [6, 6.07) is 19.4. The maximum Gasteiger partial charge on any atom is 0.269 e. The normalized spacial score (nSPS) is 10.6. The maximum absolute atomic E-state index is 10.8. The van der Waals surface area contributed by atoms with E-state index >= 15 is 0 Å². The predicted molar refractivity (Wildman–Crippen MR) is 105 cm³/mol. The summed E-state index contributed by atoms with van der Waals surface area (Å²) < 4.78 is 0. The lowest BCUT2D eigenvalue weighted by Gasteiger charge is -2.13. The smallest absolute Gasteiger partial charge is 0.269 e. The van der Waals surface area contributed by atoms with Gasteiger partial charge in [-0.05, 0) is 29.8 Å². The van der Waals surface area contributed by atoms with Crippen molar-refractivity contribution in [2.75, 3.05) is 5.32 Å². The molecule has 0 amide bonds. The Morgan fingerprint density at radius 3 is 2.37 bits per heavy atom. The SMILES string of the molecule is O=[N+]([O-])c1ccc(Sc2ccccc2CNc2cccc(CO)c2O)cc1. The quantitative estimate of drug-likeness (QED) is 0.315. The van der Waals surface area contributed by atoms with Crippen molar-refractivity contribution in [3.05, 3.63) is 88.0 Å². The number of hydrogen-bond donors (Lipinski definition) is 3. The fraction of sp³-hybridized carbons (Fsp3) is 0.100. The summed E-state index contributed by atoms with van der Waals surface area (Å²) >= 11 is 1.52. The van der Waals surface area contributed by atoms with Crippen LogP contribution in [0.4, 0.5) is 11.4 Å². The molecular weight excluding hydrogens is 364 g/mol. The minimum absolute atomic E-state index is 0.0421. The molecule has 0 unspecified atom stereocenters. The first-order valence-electron chi connectivity index (χ1n) is 8.24. The lowest BCUT2D eigenvalue weighted by molar-refractivity contribution is -0.384. The predicted octanol–water partition coefficient (Wildman–Crippen LogP) is 4.56. The molecule has 0 aromatic heterocycles. The van der Waals surface area contributed by atoms with E-state index in [1.807, 2.05) is 24.3 Å². The van der Waals surface area contributed by atoms with Crippen molar-refractivity contribution in [2.45, 2.75) is 22.9 Å². The van der Waals surface area contributed by atoms with E-state index in [1.54, 1.807) is 30.3 Å². The van der Waals surface area contributed by atoms with Crippen molar-refractivity contribution < 1.29 is 15.1 Å². The molecule has 27 heavy (non-hydrogen) atoms. The van der Waals surface area contributed by atoms with E-state index in [9.17, 15) is 20.3 Å². The lowest BCUT2D eigenvalue weighted by atomic mass is 10.1. The minimum atomic E-state index is -0.417. The van der Waals surface area contributed by atoms with Gasteiger partial charge in [-0.25, -0.2) is 0 Å². The summed E-state index contributed by atoms with van der Waals surface area (Å²) in [5, 5.41) is 33.4. The molecule has 0 aliphatic heterocycles. The number of non-ortho nitro benzene ring substituents is 1. The number of aromatic hydroxyl groups is 1. The highest BCUT2D eigenvalue weighted by Gasteiger charge is 2.09. The molecule has 0 radical (unpaired) electrons. The Kier molecular flexibility index (Phi) is 5.95. The molecule has 0 aliphatic rings. The first kappa shape index (κ1) is 18.8. The van der Waals surface area contributed by atoms with Crippen molar-refractivity contribution in [3.63, 3.8) is 0 Å². The van der Waals surface area contributed by atoms with Gasteiger partial charge in [0.25, 0.3) is 5.69 Å². The van der Waals surface area contributed by atoms with Crippen molar-refractivity contribution >= 4 is 23.1 Å². The van der Waals surface area contributed by atoms with Gasteiger partial charge >= 0.3 is 0 Å². The molecule has 0 bridgehead atoms. The van der Waals surface area contributed by atoms with Crippen LogP contribution in [0.25, 0.3) is 0 Å². The number of aliphatic hydroxyl groups excluding tert-OH is 1. The number of nitrogens with zero attached hydrogens (tertiary/aromatic N) is 1. The summed E-state index contributed by atoms with van der Waals surface area (Å²) in [4.78, 5) is 12.3. The molecule has 7 heteroatoms. The van der Waals surface area contributed by atoms with Crippen LogP contribution in [0.2, 0.25) is 0 Å². The van der Waals surface area contributed by atoms with Crippen molar-refractivity contribution in [1.82, 2.24) is 0 Å². The van der Waals surface area contributed by atoms with Crippen LogP contribution in [0.5, 0.6) is 5.75 Å². The lowest BCUT2D eigenvalue weighted by Crippen LogP contribution is -2.02. The van der Waals surface area contributed by atoms with E-state index in [4.69, 9.17) is 0 Å². The number of phenols is 1. The first-order chi connectivity index (χ1) is 13.1. The molecule has 3 aromatic carbocycles. The third-order valence-corrected chi connectivity index (χ3v) is 5.13. The second-order valence-electron chi connectivity index (χ2n) is 5.79. The average Bonchev–Trinajstić information content (AvgIpc) is 2.68. The summed E-state index contributed by atoms with van der Waals surface area (Å²) in [6.07, 6.45) is 0. The number of para-hydroxylation sites is 1. The second-order valence-corrected chi connectivity index (χ2v) is 6.90. The third kappa shape index (κ3) is 4.58. The summed E-state index contributed by atoms with van der Waals surface area (Å²) in [7, 11) is 0. The molecule has 0 fully saturated rings. The molecule has 0 atom stereocenters. The van der Waals surface area contributed by atoms with Gasteiger partial charge in [-0.3, -0.25) is 10.1 Å². The van der Waals surface area contributed by atoms with Gasteiger partial charge in [-0.2, -0.15) is 0 Å². The first-order valence-corrected chi connectivity index (χ1v) is 9.06. The molecular formula is C20H18N2O4S. The molecule has 3 N–H and O–H groups in total. The van der Waals surface area contributed by atoms with Gasteiger partial charge in [0.2, 0.25) is 0 Å². The Bertz CT molecular complexity index is 945. The molecule has 0 spiro atoms. The molecule has 0 aliphatic carbocycles. The Morgan fingerprint density at radius 1 is 0.963 bits per heavy atom. The van der Waals surface area contributed by atoms with E-state index < -0.39 is 4.92 Å². The van der Waals surface area contributed by atoms with E-state index in [2.05, 4.69) is 5.32 Å². The molecule has 0 saturated heterocycles. The molecule has 3 aromatic rings. The number of aliphatic hydroxyl groups is 1. The van der Waals surface area contributed by atoms with Crippen LogP contribution in [0.1, 0.15) is 11.1 Å². The highest BCUT2D eigenvalue weighted by Crippen LogP contribution is 2.33. The highest BCUT2D eigenvalue weighted by molar-refractivity contribution is 7.99. The van der Waals surface area contributed by atoms with Crippen LogP contribution in [-0.2, 0) is 13.2 Å². The number of nitro benzene ring substituents is 1. The Labute approximate surface area is 160 Å². The number of rotatable bonds is 7. The largest absolute Gasteiger partial charge is 0.505 e. The monoisotopic (exact) mass is 382 g/mol. The van der Waals surface area contributed by atoms with Gasteiger partial charge in [-0.15, -0.1) is 0 Å². The van der Waals surface area contributed by atoms with Crippen LogP contribution in [-0.4, -0.2) is 15.1 Å². The Morgan fingerprint density at radius 2 is 1.67 bits per heavy atom. The van der Waals surface area contributed by atoms with Crippen LogP contribution < -0.4 is 5.32 Å². The van der Waals surface area contributed by atoms with E-state index in [0.717, 1.165) is 15.4 Å². The molecule has 0 saturated carbocycles. The average molecular weight is 382 g/mol. The maximum atomic E-state index is 10.8. The Balaban J connectivity index is 1.75. The number of hydrogen-bond acceptors (Lipinski definition) is 6. The summed E-state index contributed by atoms with van der Waals surface area (Å²) in [5.74, 6) is 0.0421. The summed E-state index contributed by atoms with van der Waals surface area (Å²) in [6.45, 7) is 0.256. The van der Waals surface area contributed by atoms with Crippen molar-refractivity contribution in [3.8, 4) is 5.75 Å². The van der Waals surface area contributed by atoms with Crippen LogP contribution in [0.3, 0.4) is 0 Å².